The largest absolute Gasteiger partial charge is 0.350 e. The molecule has 2 heterocycles. The summed E-state index contributed by atoms with van der Waals surface area (Å²) >= 11 is 0. The fourth-order valence-electron chi connectivity index (χ4n) is 2.89. The standard InChI is InChI=1S/C13H24O2/c1-9-6-5-7-13(4)14-8-10(2)11(3)12(9)15-13/h9-12H,5-8H2,1-4H3. The number of fused-ring (bicyclic) bond motifs is 2. The highest BCUT2D eigenvalue weighted by atomic mass is 16.7. The minimum Gasteiger partial charge on any atom is -0.350 e. The van der Waals surface area contributed by atoms with Crippen molar-refractivity contribution < 1.29 is 9.47 Å². The molecule has 0 amide bonds. The maximum atomic E-state index is 6.23. The van der Waals surface area contributed by atoms with Crippen molar-refractivity contribution in [3.05, 3.63) is 0 Å². The Morgan fingerprint density at radius 3 is 2.60 bits per heavy atom. The van der Waals surface area contributed by atoms with E-state index in [0.29, 0.717) is 23.9 Å². The summed E-state index contributed by atoms with van der Waals surface area (Å²) in [6, 6.07) is 0. The molecule has 0 aromatic rings. The van der Waals surface area contributed by atoms with Crippen LogP contribution in [-0.4, -0.2) is 18.5 Å². The monoisotopic (exact) mass is 212 g/mol. The van der Waals surface area contributed by atoms with Gasteiger partial charge < -0.3 is 9.47 Å². The fraction of sp³-hybridized carbons (Fsp3) is 1.00. The second-order valence-corrected chi connectivity index (χ2v) is 5.73. The first kappa shape index (κ1) is 11.4. The number of ether oxygens (including phenoxy) is 2. The zero-order valence-corrected chi connectivity index (χ0v) is 10.5. The molecule has 0 N–H and O–H groups in total. The van der Waals surface area contributed by atoms with Gasteiger partial charge >= 0.3 is 0 Å². The molecule has 5 unspecified atom stereocenters. The van der Waals surface area contributed by atoms with Crippen molar-refractivity contribution >= 4 is 0 Å². The lowest BCUT2D eigenvalue weighted by Gasteiger charge is -2.32. The van der Waals surface area contributed by atoms with Crippen molar-refractivity contribution in [1.82, 2.24) is 0 Å². The molecule has 0 spiro atoms. The van der Waals surface area contributed by atoms with Crippen molar-refractivity contribution in [1.29, 1.82) is 0 Å². The van der Waals surface area contributed by atoms with Crippen LogP contribution in [0.15, 0.2) is 0 Å². The minimum atomic E-state index is -0.311. The molecular formula is C13H24O2. The summed E-state index contributed by atoms with van der Waals surface area (Å²) in [6.07, 6.45) is 3.94. The molecule has 2 nitrogen and oxygen atoms in total. The van der Waals surface area contributed by atoms with Gasteiger partial charge in [0.1, 0.15) is 0 Å². The van der Waals surface area contributed by atoms with Crippen LogP contribution in [0, 0.1) is 17.8 Å². The molecule has 15 heavy (non-hydrogen) atoms. The molecule has 0 aromatic carbocycles. The van der Waals surface area contributed by atoms with Gasteiger partial charge in [-0.15, -0.1) is 0 Å². The van der Waals surface area contributed by atoms with E-state index in [4.69, 9.17) is 9.47 Å². The molecule has 5 atom stereocenters. The SMILES string of the molecule is CC1COC2(C)CCCC(C)C(O2)C1C. The number of rotatable bonds is 0. The Kier molecular flexibility index (Phi) is 3.09. The van der Waals surface area contributed by atoms with Gasteiger partial charge in [0, 0.05) is 6.42 Å². The molecule has 0 radical (unpaired) electrons. The minimum absolute atomic E-state index is 0.311. The van der Waals surface area contributed by atoms with Crippen LogP contribution in [0.25, 0.3) is 0 Å². The number of hydrogen-bond donors (Lipinski definition) is 0. The van der Waals surface area contributed by atoms with E-state index in [0.717, 1.165) is 13.0 Å². The zero-order chi connectivity index (χ0) is 11.1. The molecular weight excluding hydrogens is 188 g/mol. The molecule has 2 aliphatic rings. The van der Waals surface area contributed by atoms with E-state index in [2.05, 4.69) is 27.7 Å². The molecule has 2 fully saturated rings. The van der Waals surface area contributed by atoms with Gasteiger partial charge in [0.05, 0.1) is 12.7 Å². The average Bonchev–Trinajstić information content (AvgIpc) is 2.40. The van der Waals surface area contributed by atoms with Crippen LogP contribution < -0.4 is 0 Å². The fourth-order valence-corrected chi connectivity index (χ4v) is 2.89. The molecule has 2 rings (SSSR count). The van der Waals surface area contributed by atoms with Crippen molar-refractivity contribution in [3.63, 3.8) is 0 Å². The van der Waals surface area contributed by atoms with Crippen LogP contribution in [0.2, 0.25) is 0 Å². The van der Waals surface area contributed by atoms with Crippen molar-refractivity contribution in [2.24, 2.45) is 17.8 Å². The summed E-state index contributed by atoms with van der Waals surface area (Å²) in [7, 11) is 0. The van der Waals surface area contributed by atoms with Gasteiger partial charge in [-0.25, -0.2) is 0 Å². The van der Waals surface area contributed by atoms with Gasteiger partial charge in [-0.05, 0) is 37.5 Å². The molecule has 0 aliphatic carbocycles. The highest BCUT2D eigenvalue weighted by Gasteiger charge is 2.42. The molecule has 0 saturated carbocycles. The molecule has 2 heteroatoms. The van der Waals surface area contributed by atoms with Gasteiger partial charge in [0.15, 0.2) is 5.79 Å². The van der Waals surface area contributed by atoms with E-state index in [1.165, 1.54) is 12.8 Å². The number of hydrogen-bond acceptors (Lipinski definition) is 2. The van der Waals surface area contributed by atoms with E-state index < -0.39 is 0 Å². The Balaban J connectivity index is 2.23. The quantitative estimate of drug-likeness (QED) is 0.614. The predicted molar refractivity (Wildman–Crippen MR) is 60.6 cm³/mol. The van der Waals surface area contributed by atoms with Gasteiger partial charge in [-0.3, -0.25) is 0 Å². The molecule has 2 saturated heterocycles. The molecule has 0 aromatic heterocycles. The van der Waals surface area contributed by atoms with Crippen LogP contribution in [0.1, 0.15) is 47.0 Å². The van der Waals surface area contributed by atoms with Crippen molar-refractivity contribution in [3.8, 4) is 0 Å². The second-order valence-electron chi connectivity index (χ2n) is 5.73. The summed E-state index contributed by atoms with van der Waals surface area (Å²) < 4.78 is 12.2. The Bertz CT molecular complexity index is 229. The maximum absolute atomic E-state index is 6.23. The lowest BCUT2D eigenvalue weighted by molar-refractivity contribution is -0.241. The van der Waals surface area contributed by atoms with Crippen LogP contribution in [0.5, 0.6) is 0 Å². The van der Waals surface area contributed by atoms with Crippen LogP contribution >= 0.6 is 0 Å². The Hall–Kier alpha value is -0.0800. The van der Waals surface area contributed by atoms with Crippen LogP contribution in [-0.2, 0) is 9.47 Å². The van der Waals surface area contributed by atoms with Crippen LogP contribution in [0.3, 0.4) is 0 Å². The average molecular weight is 212 g/mol. The highest BCUT2D eigenvalue weighted by molar-refractivity contribution is 4.85. The third kappa shape index (κ3) is 2.21. The van der Waals surface area contributed by atoms with Crippen molar-refractivity contribution in [2.45, 2.75) is 58.8 Å². The summed E-state index contributed by atoms with van der Waals surface area (Å²) in [5, 5.41) is 0. The first-order valence-electron chi connectivity index (χ1n) is 6.33. The van der Waals surface area contributed by atoms with Gasteiger partial charge in [0.25, 0.3) is 0 Å². The lowest BCUT2D eigenvalue weighted by atomic mass is 9.83. The third-order valence-electron chi connectivity index (χ3n) is 4.30. The normalized spacial score (nSPS) is 52.0. The Morgan fingerprint density at radius 1 is 1.13 bits per heavy atom. The Morgan fingerprint density at radius 2 is 1.87 bits per heavy atom. The van der Waals surface area contributed by atoms with Gasteiger partial charge in [0.2, 0.25) is 0 Å². The predicted octanol–water partition coefficient (Wildman–Crippen LogP) is 3.21. The summed E-state index contributed by atoms with van der Waals surface area (Å²) in [6.45, 7) is 9.88. The first-order valence-corrected chi connectivity index (χ1v) is 6.33. The maximum Gasteiger partial charge on any atom is 0.165 e. The zero-order valence-electron chi connectivity index (χ0n) is 10.5. The van der Waals surface area contributed by atoms with E-state index in [1.54, 1.807) is 0 Å². The van der Waals surface area contributed by atoms with Crippen LogP contribution in [0.4, 0.5) is 0 Å². The molecule has 2 aliphatic heterocycles. The second kappa shape index (κ2) is 4.06. The topological polar surface area (TPSA) is 18.5 Å². The molecule has 2 bridgehead atoms. The first-order chi connectivity index (χ1) is 7.02. The van der Waals surface area contributed by atoms with Gasteiger partial charge in [-0.1, -0.05) is 20.8 Å². The van der Waals surface area contributed by atoms with Crippen molar-refractivity contribution in [2.75, 3.05) is 6.61 Å². The smallest absolute Gasteiger partial charge is 0.165 e. The highest BCUT2D eigenvalue weighted by Crippen LogP contribution is 2.39. The van der Waals surface area contributed by atoms with E-state index >= 15 is 0 Å². The van der Waals surface area contributed by atoms with E-state index in [9.17, 15) is 0 Å². The summed E-state index contributed by atoms with van der Waals surface area (Å²) in [4.78, 5) is 0. The summed E-state index contributed by atoms with van der Waals surface area (Å²) in [5.74, 6) is 1.58. The lowest BCUT2D eigenvalue weighted by Crippen LogP contribution is -2.36. The van der Waals surface area contributed by atoms with E-state index in [1.807, 2.05) is 0 Å². The third-order valence-corrected chi connectivity index (χ3v) is 4.30. The Labute approximate surface area is 93.3 Å². The summed E-state index contributed by atoms with van der Waals surface area (Å²) in [5.41, 5.74) is 0. The van der Waals surface area contributed by atoms with E-state index in [-0.39, 0.29) is 5.79 Å². The van der Waals surface area contributed by atoms with Gasteiger partial charge in [-0.2, -0.15) is 0 Å². The molecule has 88 valence electrons.